The van der Waals surface area contributed by atoms with E-state index in [0.29, 0.717) is 12.8 Å². The highest BCUT2D eigenvalue weighted by molar-refractivity contribution is 5.77. The lowest BCUT2D eigenvalue weighted by molar-refractivity contribution is -0.150. The predicted octanol–water partition coefficient (Wildman–Crippen LogP) is 2.78. The molecular weight excluding hydrogens is 302 g/mol. The van der Waals surface area contributed by atoms with Gasteiger partial charge in [-0.1, -0.05) is 42.5 Å². The summed E-state index contributed by atoms with van der Waals surface area (Å²) in [4.78, 5) is 18.4. The Morgan fingerprint density at radius 2 is 2.00 bits per heavy atom. The van der Waals surface area contributed by atoms with Gasteiger partial charge in [-0.2, -0.15) is 0 Å². The van der Waals surface area contributed by atoms with Crippen LogP contribution in [0.5, 0.6) is 0 Å². The first kappa shape index (κ1) is 16.5. The van der Waals surface area contributed by atoms with Crippen LogP contribution in [0.15, 0.2) is 48.8 Å². The van der Waals surface area contributed by atoms with Gasteiger partial charge >= 0.3 is 5.97 Å². The van der Waals surface area contributed by atoms with Crippen LogP contribution in [0.1, 0.15) is 24.2 Å². The molecule has 5 nitrogen and oxygen atoms in total. The average Bonchev–Trinajstić information content (AvgIpc) is 3.03. The van der Waals surface area contributed by atoms with Gasteiger partial charge < -0.3 is 9.67 Å². The Morgan fingerprint density at radius 1 is 1.29 bits per heavy atom. The van der Waals surface area contributed by atoms with Crippen LogP contribution in [0, 0.1) is 6.92 Å². The van der Waals surface area contributed by atoms with E-state index in [9.17, 15) is 9.90 Å². The Balaban J connectivity index is 1.63. The molecule has 24 heavy (non-hydrogen) atoms. The molecule has 0 radical (unpaired) electrons. The van der Waals surface area contributed by atoms with E-state index < -0.39 is 11.5 Å². The number of imidazole rings is 1. The minimum absolute atomic E-state index is 0.596. The number of carbonyl (C=O) groups is 1. The van der Waals surface area contributed by atoms with Crippen molar-refractivity contribution in [2.45, 2.75) is 25.3 Å². The second-order valence-electron chi connectivity index (χ2n) is 6.29. The van der Waals surface area contributed by atoms with Gasteiger partial charge in [0.1, 0.15) is 11.4 Å². The number of hydrogen-bond donors (Lipinski definition) is 1. The van der Waals surface area contributed by atoms with Crippen LogP contribution < -0.4 is 0 Å². The number of benzene rings is 1. The quantitative estimate of drug-likeness (QED) is 0.918. The number of likely N-dealkylation sites (tertiary alicyclic amines) is 1. The Kier molecular flexibility index (Phi) is 4.81. The lowest BCUT2D eigenvalue weighted by Gasteiger charge is -2.39. The first-order chi connectivity index (χ1) is 11.6. The number of carboxylic acid groups (broad SMARTS) is 1. The molecular formula is C19H23N3O2. The van der Waals surface area contributed by atoms with Gasteiger partial charge in [0.15, 0.2) is 0 Å². The largest absolute Gasteiger partial charge is 0.479 e. The van der Waals surface area contributed by atoms with Crippen molar-refractivity contribution >= 4 is 12.0 Å². The number of aryl methyl sites for hydroxylation is 1. The lowest BCUT2D eigenvalue weighted by Crippen LogP contribution is -2.51. The zero-order chi connectivity index (χ0) is 17.0. The number of piperidine rings is 1. The molecule has 0 spiro atoms. The third-order valence-corrected chi connectivity index (χ3v) is 4.84. The molecule has 0 saturated carbocycles. The summed E-state index contributed by atoms with van der Waals surface area (Å²) in [5.41, 5.74) is 0.323. The van der Waals surface area contributed by atoms with Crippen LogP contribution in [0.3, 0.4) is 0 Å². The van der Waals surface area contributed by atoms with Gasteiger partial charge in [-0.05, 0) is 25.3 Å². The number of rotatable bonds is 5. The van der Waals surface area contributed by atoms with E-state index in [0.717, 1.165) is 25.5 Å². The molecule has 2 heterocycles. The molecule has 1 aliphatic heterocycles. The van der Waals surface area contributed by atoms with E-state index in [1.54, 1.807) is 12.4 Å². The minimum Gasteiger partial charge on any atom is -0.479 e. The summed E-state index contributed by atoms with van der Waals surface area (Å²) >= 11 is 0. The Labute approximate surface area is 142 Å². The second-order valence-corrected chi connectivity index (χ2v) is 6.29. The van der Waals surface area contributed by atoms with E-state index in [1.807, 2.05) is 29.7 Å². The lowest BCUT2D eigenvalue weighted by atomic mass is 9.87. The zero-order valence-electron chi connectivity index (χ0n) is 13.9. The van der Waals surface area contributed by atoms with Crippen molar-refractivity contribution < 1.29 is 9.90 Å². The summed E-state index contributed by atoms with van der Waals surface area (Å²) in [5.74, 6) is -0.00194. The minimum atomic E-state index is -0.861. The first-order valence-electron chi connectivity index (χ1n) is 8.30. The second kappa shape index (κ2) is 7.01. The fourth-order valence-corrected chi connectivity index (χ4v) is 3.40. The van der Waals surface area contributed by atoms with Crippen LogP contribution in [0.25, 0.3) is 6.08 Å². The smallest absolute Gasteiger partial charge is 0.330 e. The molecule has 1 saturated heterocycles. The summed E-state index contributed by atoms with van der Waals surface area (Å²) in [5, 5.41) is 9.81. The monoisotopic (exact) mass is 325 g/mol. The standard InChI is InChI=1S/C19H23N3O2/c1-16-20-11-15-22(16)19(18(23)24)9-13-21(14-10-19)12-5-8-17-6-3-2-4-7-17/h2-8,11,15H,9-10,12-14H2,1H3,(H,23,24)/b8-5+. The highest BCUT2D eigenvalue weighted by Gasteiger charge is 2.43. The predicted molar refractivity (Wildman–Crippen MR) is 93.7 cm³/mol. The SMILES string of the molecule is Cc1nccn1C1(C(=O)O)CCN(C/C=C/c2ccccc2)CC1. The summed E-state index contributed by atoms with van der Waals surface area (Å²) in [6.07, 6.45) is 8.91. The molecule has 0 aliphatic carbocycles. The molecule has 3 rings (SSSR count). The van der Waals surface area contributed by atoms with Gasteiger partial charge in [0.05, 0.1) is 0 Å². The Bertz CT molecular complexity index is 713. The van der Waals surface area contributed by atoms with Crippen LogP contribution in [-0.4, -0.2) is 45.2 Å². The maximum Gasteiger partial charge on any atom is 0.330 e. The number of hydrogen-bond acceptors (Lipinski definition) is 3. The highest BCUT2D eigenvalue weighted by Crippen LogP contribution is 2.31. The van der Waals surface area contributed by atoms with Crippen molar-refractivity contribution in [3.8, 4) is 0 Å². The molecule has 0 atom stereocenters. The number of aliphatic carboxylic acids is 1. The molecule has 2 aromatic rings. The average molecular weight is 325 g/mol. The molecule has 1 aliphatic rings. The van der Waals surface area contributed by atoms with Gasteiger partial charge in [-0.25, -0.2) is 9.78 Å². The highest BCUT2D eigenvalue weighted by atomic mass is 16.4. The maximum absolute atomic E-state index is 12.0. The van der Waals surface area contributed by atoms with Crippen molar-refractivity contribution in [3.05, 3.63) is 60.2 Å². The fourth-order valence-electron chi connectivity index (χ4n) is 3.40. The topological polar surface area (TPSA) is 58.4 Å². The van der Waals surface area contributed by atoms with Crippen molar-refractivity contribution in [3.63, 3.8) is 0 Å². The van der Waals surface area contributed by atoms with E-state index >= 15 is 0 Å². The van der Waals surface area contributed by atoms with Gasteiger partial charge in [0, 0.05) is 32.0 Å². The molecule has 0 amide bonds. The van der Waals surface area contributed by atoms with Crippen molar-refractivity contribution in [2.75, 3.05) is 19.6 Å². The first-order valence-corrected chi connectivity index (χ1v) is 8.30. The van der Waals surface area contributed by atoms with E-state index in [4.69, 9.17) is 0 Å². The molecule has 5 heteroatoms. The fraction of sp³-hybridized carbons (Fsp3) is 0.368. The maximum atomic E-state index is 12.0. The number of aromatic nitrogens is 2. The Hall–Kier alpha value is -2.40. The van der Waals surface area contributed by atoms with Gasteiger partial charge in [-0.3, -0.25) is 4.90 Å². The third-order valence-electron chi connectivity index (χ3n) is 4.84. The van der Waals surface area contributed by atoms with Crippen LogP contribution in [-0.2, 0) is 10.3 Å². The van der Waals surface area contributed by atoms with E-state index in [1.165, 1.54) is 5.56 Å². The van der Waals surface area contributed by atoms with Gasteiger partial charge in [0.2, 0.25) is 0 Å². The summed E-state index contributed by atoms with van der Waals surface area (Å²) in [7, 11) is 0. The van der Waals surface area contributed by atoms with Crippen LogP contribution in [0.4, 0.5) is 0 Å². The molecule has 0 unspecified atom stereocenters. The summed E-state index contributed by atoms with van der Waals surface area (Å²) < 4.78 is 1.83. The summed E-state index contributed by atoms with van der Waals surface area (Å²) in [6.45, 7) is 4.24. The van der Waals surface area contributed by atoms with Crippen molar-refractivity contribution in [1.82, 2.24) is 14.5 Å². The number of carboxylic acids is 1. The Morgan fingerprint density at radius 3 is 2.58 bits per heavy atom. The molecule has 1 aromatic carbocycles. The molecule has 126 valence electrons. The molecule has 1 N–H and O–H groups in total. The van der Waals surface area contributed by atoms with E-state index in [-0.39, 0.29) is 0 Å². The van der Waals surface area contributed by atoms with Gasteiger partial charge in [-0.15, -0.1) is 0 Å². The third kappa shape index (κ3) is 3.26. The van der Waals surface area contributed by atoms with Crippen molar-refractivity contribution in [1.29, 1.82) is 0 Å². The van der Waals surface area contributed by atoms with Crippen molar-refractivity contribution in [2.24, 2.45) is 0 Å². The molecule has 0 bridgehead atoms. The summed E-state index contributed by atoms with van der Waals surface area (Å²) in [6, 6.07) is 10.2. The van der Waals surface area contributed by atoms with E-state index in [2.05, 4.69) is 34.2 Å². The van der Waals surface area contributed by atoms with Gasteiger partial charge in [0.25, 0.3) is 0 Å². The van der Waals surface area contributed by atoms with Crippen LogP contribution >= 0.6 is 0 Å². The molecule has 1 fully saturated rings. The van der Waals surface area contributed by atoms with Crippen LogP contribution in [0.2, 0.25) is 0 Å². The molecule has 1 aromatic heterocycles. The number of nitrogens with zero attached hydrogens (tertiary/aromatic N) is 3. The normalized spacial score (nSPS) is 18.0. The zero-order valence-corrected chi connectivity index (χ0v) is 13.9.